The summed E-state index contributed by atoms with van der Waals surface area (Å²) in [5.41, 5.74) is 0.508. The maximum atomic E-state index is 13.0. The third kappa shape index (κ3) is 4.52. The van der Waals surface area contributed by atoms with Crippen LogP contribution in [0, 0.1) is 0 Å². The number of halogens is 1. The van der Waals surface area contributed by atoms with E-state index in [1.54, 1.807) is 33.8 Å². The van der Waals surface area contributed by atoms with Gasteiger partial charge in [-0.3, -0.25) is 23.9 Å². The molecule has 1 aromatic heterocycles. The highest BCUT2D eigenvalue weighted by atomic mass is 35.5. The second-order valence-electron chi connectivity index (χ2n) is 6.93. The second-order valence-corrected chi connectivity index (χ2v) is 11.1. The van der Waals surface area contributed by atoms with Gasteiger partial charge in [-0.25, -0.2) is 0 Å². The smallest absolute Gasteiger partial charge is 0.323 e. The van der Waals surface area contributed by atoms with Gasteiger partial charge in [0.2, 0.25) is 0 Å². The van der Waals surface area contributed by atoms with Crippen molar-refractivity contribution in [2.45, 2.75) is 25.3 Å². The van der Waals surface area contributed by atoms with Crippen molar-refractivity contribution in [3.05, 3.63) is 53.9 Å². The molecule has 0 spiro atoms. The normalized spacial score (nSPS) is 19.2. The number of allylic oxidation sites excluding steroid dienone is 1. The molecule has 1 saturated heterocycles. The first-order valence-electron chi connectivity index (χ1n) is 9.91. The molecule has 0 atom stereocenters. The quantitative estimate of drug-likeness (QED) is 0.581. The molecule has 0 aliphatic carbocycles. The van der Waals surface area contributed by atoms with E-state index in [9.17, 15) is 19.5 Å². The van der Waals surface area contributed by atoms with Gasteiger partial charge in [-0.15, -0.1) is 11.3 Å². The Hall–Kier alpha value is -2.05. The van der Waals surface area contributed by atoms with Crippen LogP contribution in [0.5, 0.6) is 0 Å². The molecule has 0 radical (unpaired) electrons. The molecule has 3 heterocycles. The van der Waals surface area contributed by atoms with Crippen molar-refractivity contribution < 1.29 is 14.7 Å². The number of aromatic nitrogens is 1. The van der Waals surface area contributed by atoms with E-state index in [1.165, 1.54) is 39.8 Å². The highest BCUT2D eigenvalue weighted by Gasteiger charge is 2.33. The third-order valence-electron chi connectivity index (χ3n) is 4.95. The molecule has 1 fully saturated rings. The zero-order valence-corrected chi connectivity index (χ0v) is 21.6. The molecule has 1 N–H and O–H groups in total. The maximum absolute atomic E-state index is 13.0. The Bertz CT molecular complexity index is 1400. The standard InChI is InChI=1S/C21H18ClN3O4S4/c1-3-23-18(28)14(32-20(23)17-19(29)24(4-2)21(30)33-17)7-8-15-25(10-16(26)27)12-9-11(22)5-6-13(12)31-15/h5-9H,3-4,10H2,1-2H3,(H,26,27)/b14-7?,15-8?,20-17-. The number of thiocarbonyl (C=S) groups is 1. The number of anilines is 1. The molecule has 172 valence electrons. The van der Waals surface area contributed by atoms with Crippen LogP contribution in [0.2, 0.25) is 5.02 Å². The van der Waals surface area contributed by atoms with Crippen LogP contribution in [0.25, 0.3) is 11.0 Å². The number of aliphatic carboxylic acids is 1. The molecular weight excluding hydrogens is 522 g/mol. The second kappa shape index (κ2) is 9.67. The predicted octanol–water partition coefficient (Wildman–Crippen LogP) is 2.89. The Morgan fingerprint density at radius 1 is 1.15 bits per heavy atom. The summed E-state index contributed by atoms with van der Waals surface area (Å²) in [6.07, 6.45) is 3.41. The number of carbonyl (C=O) groups is 2. The van der Waals surface area contributed by atoms with E-state index in [1.807, 2.05) is 19.9 Å². The molecule has 2 aliphatic heterocycles. The molecule has 12 heteroatoms. The van der Waals surface area contributed by atoms with E-state index < -0.39 is 5.97 Å². The van der Waals surface area contributed by atoms with Gasteiger partial charge < -0.3 is 10.0 Å². The lowest BCUT2D eigenvalue weighted by Gasteiger charge is -2.17. The van der Waals surface area contributed by atoms with Crippen molar-refractivity contribution in [3.63, 3.8) is 0 Å². The predicted molar refractivity (Wildman–Crippen MR) is 139 cm³/mol. The molecular formula is C21H18ClN3O4S4. The Kier molecular flexibility index (Phi) is 7.06. The van der Waals surface area contributed by atoms with E-state index >= 15 is 0 Å². The van der Waals surface area contributed by atoms with Gasteiger partial charge in [0.15, 0.2) is 0 Å². The fourth-order valence-corrected chi connectivity index (χ4v) is 7.29. The van der Waals surface area contributed by atoms with Crippen molar-refractivity contribution in [1.29, 1.82) is 0 Å². The lowest BCUT2D eigenvalue weighted by Crippen LogP contribution is -2.33. The van der Waals surface area contributed by atoms with Crippen molar-refractivity contribution >= 4 is 91.5 Å². The summed E-state index contributed by atoms with van der Waals surface area (Å²) in [7, 11) is 0. The van der Waals surface area contributed by atoms with Crippen molar-refractivity contribution in [3.8, 4) is 0 Å². The summed E-state index contributed by atoms with van der Waals surface area (Å²) in [5.74, 6) is -1.17. The Morgan fingerprint density at radius 2 is 1.91 bits per heavy atom. The van der Waals surface area contributed by atoms with E-state index in [-0.39, 0.29) is 18.0 Å². The molecule has 2 aliphatic rings. The van der Waals surface area contributed by atoms with Crippen LogP contribution in [-0.4, -0.2) is 43.9 Å². The minimum Gasteiger partial charge on any atom is -0.480 e. The van der Waals surface area contributed by atoms with E-state index in [4.69, 9.17) is 23.8 Å². The fourth-order valence-electron chi connectivity index (χ4n) is 3.43. The summed E-state index contributed by atoms with van der Waals surface area (Å²) in [5, 5.41) is 10.6. The van der Waals surface area contributed by atoms with Crippen molar-refractivity contribution in [1.82, 2.24) is 9.47 Å². The zero-order chi connectivity index (χ0) is 23.9. The monoisotopic (exact) mass is 539 g/mol. The molecule has 33 heavy (non-hydrogen) atoms. The molecule has 0 unspecified atom stereocenters. The number of thioether (sulfide) groups is 2. The Balaban J connectivity index is 1.82. The van der Waals surface area contributed by atoms with Crippen molar-refractivity contribution in [2.24, 2.45) is 0 Å². The van der Waals surface area contributed by atoms with E-state index in [2.05, 4.69) is 0 Å². The number of thiazole rings is 1. The number of benzene rings is 1. The van der Waals surface area contributed by atoms with Gasteiger partial charge in [0.05, 0.1) is 15.2 Å². The summed E-state index contributed by atoms with van der Waals surface area (Å²) in [6, 6.07) is 5.32. The summed E-state index contributed by atoms with van der Waals surface area (Å²) < 4.78 is 3.09. The number of amides is 1. The van der Waals surface area contributed by atoms with Gasteiger partial charge in [0.25, 0.3) is 11.5 Å². The van der Waals surface area contributed by atoms with Crippen LogP contribution in [0.15, 0.2) is 39.0 Å². The Labute approximate surface area is 212 Å². The molecule has 2 aromatic rings. The van der Waals surface area contributed by atoms with Crippen LogP contribution in [0.3, 0.4) is 0 Å². The van der Waals surface area contributed by atoms with Crippen LogP contribution in [-0.2, 0) is 16.1 Å². The number of rotatable bonds is 5. The molecule has 0 bridgehead atoms. The number of hydrogen-bond donors (Lipinski definition) is 1. The first-order valence-corrected chi connectivity index (χ1v) is 13.1. The van der Waals surface area contributed by atoms with Crippen molar-refractivity contribution in [2.75, 3.05) is 18.0 Å². The number of nitrogens with zero attached hydrogens (tertiary/aromatic N) is 3. The van der Waals surface area contributed by atoms with Gasteiger partial charge in [-0.05, 0) is 44.2 Å². The lowest BCUT2D eigenvalue weighted by molar-refractivity contribution is -0.135. The number of hydrogen-bond acceptors (Lipinski definition) is 8. The lowest BCUT2D eigenvalue weighted by atomic mass is 10.3. The highest BCUT2D eigenvalue weighted by molar-refractivity contribution is 8.30. The average Bonchev–Trinajstić information content (AvgIpc) is 3.37. The summed E-state index contributed by atoms with van der Waals surface area (Å²) >= 11 is 15.3. The highest BCUT2D eigenvalue weighted by Crippen LogP contribution is 2.46. The van der Waals surface area contributed by atoms with E-state index in [0.29, 0.717) is 47.2 Å². The van der Waals surface area contributed by atoms with Gasteiger partial charge in [0, 0.05) is 23.0 Å². The topological polar surface area (TPSA) is 82.9 Å². The average molecular weight is 540 g/mol. The minimum absolute atomic E-state index is 0.188. The number of carboxylic acid groups (broad SMARTS) is 1. The summed E-state index contributed by atoms with van der Waals surface area (Å²) in [6.45, 7) is 4.36. The molecule has 1 aromatic carbocycles. The van der Waals surface area contributed by atoms with E-state index in [0.717, 1.165) is 4.90 Å². The van der Waals surface area contributed by atoms with Crippen LogP contribution in [0.4, 0.5) is 5.69 Å². The molecule has 1 amide bonds. The SMILES string of the molecule is CCN1C(=O)/C(=c2/sc(=CC=C3Sc4ccc(Cl)cc4N3CC(=O)O)c(=O)n2CC)SC1=S. The van der Waals surface area contributed by atoms with Crippen LogP contribution < -0.4 is 19.7 Å². The van der Waals surface area contributed by atoms with Gasteiger partial charge >= 0.3 is 5.97 Å². The molecule has 7 nitrogen and oxygen atoms in total. The third-order valence-corrected chi connectivity index (χ3v) is 9.03. The fraction of sp³-hybridized carbons (Fsp3) is 0.238. The zero-order valence-electron chi connectivity index (χ0n) is 17.5. The largest absolute Gasteiger partial charge is 0.480 e. The van der Waals surface area contributed by atoms with Gasteiger partial charge in [-0.1, -0.05) is 47.3 Å². The Morgan fingerprint density at radius 3 is 2.55 bits per heavy atom. The minimum atomic E-state index is -0.981. The number of fused-ring (bicyclic) bond motifs is 1. The van der Waals surface area contributed by atoms with Gasteiger partial charge in [0.1, 0.15) is 20.4 Å². The number of carbonyl (C=O) groups excluding carboxylic acids is 1. The number of carboxylic acids is 1. The molecule has 4 rings (SSSR count). The summed E-state index contributed by atoms with van der Waals surface area (Å²) in [4.78, 5) is 41.8. The first-order chi connectivity index (χ1) is 15.7. The first kappa shape index (κ1) is 24.1. The van der Waals surface area contributed by atoms with Gasteiger partial charge in [-0.2, -0.15) is 0 Å². The van der Waals surface area contributed by atoms with Crippen LogP contribution >= 0.6 is 58.7 Å². The van der Waals surface area contributed by atoms with Crippen LogP contribution in [0.1, 0.15) is 13.8 Å². The molecule has 0 saturated carbocycles. The maximum Gasteiger partial charge on any atom is 0.323 e.